The second-order valence-corrected chi connectivity index (χ2v) is 7.24. The van der Waals surface area contributed by atoms with E-state index in [-0.39, 0.29) is 11.3 Å². The van der Waals surface area contributed by atoms with E-state index in [1.54, 1.807) is 0 Å². The average Bonchev–Trinajstić information content (AvgIpc) is 2.47. The van der Waals surface area contributed by atoms with Crippen LogP contribution in [0.1, 0.15) is 42.5 Å². The Morgan fingerprint density at radius 1 is 1.28 bits per heavy atom. The van der Waals surface area contributed by atoms with Gasteiger partial charge in [0.15, 0.2) is 9.84 Å². The number of nitrogens with one attached hydrogen (secondary N) is 1. The fourth-order valence-electron chi connectivity index (χ4n) is 3.09. The highest BCUT2D eigenvalue weighted by atomic mass is 32.2. The molecule has 4 heteroatoms. The summed E-state index contributed by atoms with van der Waals surface area (Å²) in [4.78, 5) is 0.561. The highest BCUT2D eigenvalue weighted by molar-refractivity contribution is 7.92. The molecule has 0 aliphatic carbocycles. The normalized spacial score (nSPS) is 25.1. The molecule has 18 heavy (non-hydrogen) atoms. The van der Waals surface area contributed by atoms with Gasteiger partial charge in [-0.2, -0.15) is 0 Å². The minimum atomic E-state index is -3.18. The largest absolute Gasteiger partial charge is 0.312 e. The van der Waals surface area contributed by atoms with E-state index in [0.717, 1.165) is 23.1 Å². The van der Waals surface area contributed by atoms with Gasteiger partial charge in [-0.15, -0.1) is 0 Å². The molecule has 0 fully saturated rings. The molecule has 3 nitrogen and oxygen atoms in total. The topological polar surface area (TPSA) is 46.2 Å². The Bertz CT molecular complexity index is 563. The Morgan fingerprint density at radius 3 is 2.50 bits per heavy atom. The Kier molecular flexibility index (Phi) is 3.52. The monoisotopic (exact) mass is 267 g/mol. The number of sulfone groups is 1. The summed E-state index contributed by atoms with van der Waals surface area (Å²) in [5.74, 6) is 0. The first-order valence-corrected chi connectivity index (χ1v) is 8.00. The molecule has 1 aliphatic rings. The van der Waals surface area contributed by atoms with Crippen molar-refractivity contribution in [3.8, 4) is 0 Å². The maximum Gasteiger partial charge on any atom is 0.183 e. The SMILES string of the molecule is CCCC1C(NC)c2cc(C)cc(C)c2S1(=O)=O. The zero-order chi connectivity index (χ0) is 13.5. The molecule has 0 amide bonds. The second kappa shape index (κ2) is 4.67. The predicted octanol–water partition coefficient (Wildman–Crippen LogP) is 2.52. The van der Waals surface area contributed by atoms with Crippen LogP contribution in [-0.2, 0) is 9.84 Å². The molecule has 0 saturated heterocycles. The molecule has 100 valence electrons. The smallest absolute Gasteiger partial charge is 0.183 e. The van der Waals surface area contributed by atoms with E-state index in [4.69, 9.17) is 0 Å². The summed E-state index contributed by atoms with van der Waals surface area (Å²) in [6.07, 6.45) is 1.59. The number of fused-ring (bicyclic) bond motifs is 1. The van der Waals surface area contributed by atoms with Gasteiger partial charge in [0.1, 0.15) is 0 Å². The van der Waals surface area contributed by atoms with Crippen LogP contribution >= 0.6 is 0 Å². The molecule has 1 aromatic carbocycles. The molecule has 1 heterocycles. The lowest BCUT2D eigenvalue weighted by molar-refractivity contribution is 0.513. The Morgan fingerprint density at radius 2 is 1.94 bits per heavy atom. The minimum Gasteiger partial charge on any atom is -0.312 e. The zero-order valence-corrected chi connectivity index (χ0v) is 12.3. The second-order valence-electron chi connectivity index (χ2n) is 5.14. The number of benzene rings is 1. The van der Waals surface area contributed by atoms with Crippen LogP contribution in [0.4, 0.5) is 0 Å². The van der Waals surface area contributed by atoms with Crippen LogP contribution in [0.15, 0.2) is 17.0 Å². The third-order valence-corrected chi connectivity index (χ3v) is 6.15. The van der Waals surface area contributed by atoms with Crippen LogP contribution in [0.5, 0.6) is 0 Å². The first-order chi connectivity index (χ1) is 8.43. The maximum absolute atomic E-state index is 12.6. The first kappa shape index (κ1) is 13.6. The Hall–Kier alpha value is -0.870. The Labute approximate surface area is 110 Å². The minimum absolute atomic E-state index is 0.0662. The van der Waals surface area contributed by atoms with Crippen LogP contribution in [-0.4, -0.2) is 20.7 Å². The Balaban J connectivity index is 2.68. The van der Waals surface area contributed by atoms with E-state index < -0.39 is 9.84 Å². The first-order valence-electron chi connectivity index (χ1n) is 6.45. The van der Waals surface area contributed by atoms with Crippen molar-refractivity contribution in [3.63, 3.8) is 0 Å². The van der Waals surface area contributed by atoms with E-state index >= 15 is 0 Å². The van der Waals surface area contributed by atoms with Crippen molar-refractivity contribution in [2.24, 2.45) is 0 Å². The quantitative estimate of drug-likeness (QED) is 0.915. The van der Waals surface area contributed by atoms with Gasteiger partial charge in [-0.25, -0.2) is 8.42 Å². The van der Waals surface area contributed by atoms with Gasteiger partial charge >= 0.3 is 0 Å². The van der Waals surface area contributed by atoms with E-state index in [1.807, 2.05) is 40.0 Å². The van der Waals surface area contributed by atoms with Gasteiger partial charge in [-0.1, -0.05) is 31.0 Å². The van der Waals surface area contributed by atoms with Crippen LogP contribution in [0, 0.1) is 13.8 Å². The van der Waals surface area contributed by atoms with Crippen LogP contribution in [0.25, 0.3) is 0 Å². The van der Waals surface area contributed by atoms with Crippen molar-refractivity contribution in [3.05, 3.63) is 28.8 Å². The van der Waals surface area contributed by atoms with E-state index in [9.17, 15) is 8.42 Å². The van der Waals surface area contributed by atoms with Gasteiger partial charge in [0.2, 0.25) is 0 Å². The van der Waals surface area contributed by atoms with Crippen LogP contribution < -0.4 is 5.32 Å². The molecule has 2 atom stereocenters. The molecule has 1 N–H and O–H groups in total. The highest BCUT2D eigenvalue weighted by Gasteiger charge is 2.44. The molecule has 1 aliphatic heterocycles. The number of hydrogen-bond acceptors (Lipinski definition) is 3. The summed E-state index contributed by atoms with van der Waals surface area (Å²) in [5.41, 5.74) is 2.95. The van der Waals surface area contributed by atoms with Crippen LogP contribution in [0.3, 0.4) is 0 Å². The van der Waals surface area contributed by atoms with E-state index in [0.29, 0.717) is 11.3 Å². The number of hydrogen-bond donors (Lipinski definition) is 1. The highest BCUT2D eigenvalue weighted by Crippen LogP contribution is 2.42. The van der Waals surface area contributed by atoms with E-state index in [2.05, 4.69) is 5.32 Å². The zero-order valence-electron chi connectivity index (χ0n) is 11.4. The van der Waals surface area contributed by atoms with Gasteiger partial charge in [-0.05, 0) is 38.4 Å². The molecule has 2 unspecified atom stereocenters. The fraction of sp³-hybridized carbons (Fsp3) is 0.571. The van der Waals surface area contributed by atoms with Crippen molar-refractivity contribution in [2.75, 3.05) is 7.05 Å². The lowest BCUT2D eigenvalue weighted by Crippen LogP contribution is -2.29. The maximum atomic E-state index is 12.6. The summed E-state index contributed by atoms with van der Waals surface area (Å²) < 4.78 is 25.3. The van der Waals surface area contributed by atoms with Gasteiger partial charge in [0.25, 0.3) is 0 Å². The molecule has 0 spiro atoms. The van der Waals surface area contributed by atoms with Gasteiger partial charge in [-0.3, -0.25) is 0 Å². The standard InChI is InChI=1S/C14H21NO2S/c1-5-6-12-13(15-4)11-8-9(2)7-10(3)14(11)18(12,16)17/h7-8,12-13,15H,5-6H2,1-4H3. The predicted molar refractivity (Wildman–Crippen MR) is 73.6 cm³/mol. The summed E-state index contributed by atoms with van der Waals surface area (Å²) in [6, 6.07) is 3.90. The number of rotatable bonds is 3. The summed E-state index contributed by atoms with van der Waals surface area (Å²) in [7, 11) is -1.34. The molecule has 0 bridgehead atoms. The van der Waals surface area contributed by atoms with Gasteiger partial charge in [0.05, 0.1) is 16.2 Å². The third-order valence-electron chi connectivity index (χ3n) is 3.72. The van der Waals surface area contributed by atoms with Crippen molar-refractivity contribution < 1.29 is 8.42 Å². The van der Waals surface area contributed by atoms with Gasteiger partial charge in [0, 0.05) is 0 Å². The molecule has 1 aromatic rings. The van der Waals surface area contributed by atoms with Crippen molar-refractivity contribution in [1.29, 1.82) is 0 Å². The molecule has 0 saturated carbocycles. The van der Waals surface area contributed by atoms with Crippen molar-refractivity contribution in [2.45, 2.75) is 49.8 Å². The summed E-state index contributed by atoms with van der Waals surface area (Å²) in [6.45, 7) is 5.94. The van der Waals surface area contributed by atoms with Crippen molar-refractivity contribution in [1.82, 2.24) is 5.32 Å². The van der Waals surface area contributed by atoms with Crippen molar-refractivity contribution >= 4 is 9.84 Å². The van der Waals surface area contributed by atoms with E-state index in [1.165, 1.54) is 0 Å². The van der Waals surface area contributed by atoms with Gasteiger partial charge < -0.3 is 5.32 Å². The fourth-order valence-corrected chi connectivity index (χ4v) is 5.60. The average molecular weight is 267 g/mol. The molecular formula is C14H21NO2S. The molecular weight excluding hydrogens is 246 g/mol. The molecule has 0 aromatic heterocycles. The number of aryl methyl sites for hydroxylation is 2. The van der Waals surface area contributed by atoms with Crippen LogP contribution in [0.2, 0.25) is 0 Å². The summed E-state index contributed by atoms with van der Waals surface area (Å²) in [5, 5.41) is 2.87. The summed E-state index contributed by atoms with van der Waals surface area (Å²) >= 11 is 0. The molecule has 2 rings (SSSR count). The molecule has 0 radical (unpaired) electrons. The third kappa shape index (κ3) is 1.88. The lowest BCUT2D eigenvalue weighted by Gasteiger charge is -2.17. The lowest BCUT2D eigenvalue weighted by atomic mass is 9.97.